The molecular formula is C12H18N2O5. The SMILES string of the molecule is CC(C)(C)OC(=O)N1C(=O)CC2C1CCN2C(=O)O. The number of carboxylic acid groups (broad SMARTS) is 1. The maximum absolute atomic E-state index is 12.0. The van der Waals surface area contributed by atoms with Crippen LogP contribution in [0.1, 0.15) is 33.6 Å². The lowest BCUT2D eigenvalue weighted by Gasteiger charge is -2.26. The molecule has 0 aromatic heterocycles. The van der Waals surface area contributed by atoms with E-state index < -0.39 is 29.9 Å². The molecule has 0 bridgehead atoms. The van der Waals surface area contributed by atoms with E-state index in [0.29, 0.717) is 13.0 Å². The van der Waals surface area contributed by atoms with Gasteiger partial charge in [0.1, 0.15) is 5.60 Å². The van der Waals surface area contributed by atoms with E-state index in [1.807, 2.05) is 0 Å². The second-order valence-electron chi connectivity index (χ2n) is 5.85. The van der Waals surface area contributed by atoms with E-state index in [1.165, 1.54) is 4.90 Å². The molecule has 0 saturated carbocycles. The number of hydrogen-bond donors (Lipinski definition) is 1. The Labute approximate surface area is 111 Å². The Hall–Kier alpha value is -1.79. The minimum absolute atomic E-state index is 0.0518. The molecule has 2 fully saturated rings. The van der Waals surface area contributed by atoms with Crippen molar-refractivity contribution < 1.29 is 24.2 Å². The highest BCUT2D eigenvalue weighted by Crippen LogP contribution is 2.33. The van der Waals surface area contributed by atoms with Gasteiger partial charge in [0.25, 0.3) is 0 Å². The third-order valence-corrected chi connectivity index (χ3v) is 3.33. The first-order valence-electron chi connectivity index (χ1n) is 6.25. The maximum atomic E-state index is 12.0. The molecule has 7 nitrogen and oxygen atoms in total. The lowest BCUT2D eigenvalue weighted by molar-refractivity contribution is -0.128. The lowest BCUT2D eigenvalue weighted by atomic mass is 10.1. The zero-order valence-electron chi connectivity index (χ0n) is 11.3. The average molecular weight is 270 g/mol. The summed E-state index contributed by atoms with van der Waals surface area (Å²) in [6, 6.07) is -0.823. The van der Waals surface area contributed by atoms with Crippen LogP contribution in [0.5, 0.6) is 0 Å². The fourth-order valence-electron chi connectivity index (χ4n) is 2.63. The number of ether oxygens (including phenoxy) is 1. The predicted octanol–water partition coefficient (Wildman–Crippen LogP) is 1.27. The van der Waals surface area contributed by atoms with Gasteiger partial charge in [-0.1, -0.05) is 0 Å². The number of likely N-dealkylation sites (tertiary alicyclic amines) is 2. The maximum Gasteiger partial charge on any atom is 0.417 e. The zero-order chi connectivity index (χ0) is 14.4. The number of imide groups is 1. The van der Waals surface area contributed by atoms with Crippen LogP contribution in [0.4, 0.5) is 9.59 Å². The summed E-state index contributed by atoms with van der Waals surface area (Å²) in [4.78, 5) is 37.2. The molecule has 19 heavy (non-hydrogen) atoms. The molecule has 2 atom stereocenters. The molecule has 2 aliphatic heterocycles. The van der Waals surface area contributed by atoms with Crippen molar-refractivity contribution in [2.45, 2.75) is 51.3 Å². The predicted molar refractivity (Wildman–Crippen MR) is 64.6 cm³/mol. The number of carbonyl (C=O) groups excluding carboxylic acids is 2. The standard InChI is InChI=1S/C12H18N2O5/c1-12(2,3)19-11(18)14-7-4-5-13(10(16)17)8(7)6-9(14)15/h7-8H,4-6H2,1-3H3,(H,16,17). The van der Waals surface area contributed by atoms with Crippen molar-refractivity contribution in [1.82, 2.24) is 9.80 Å². The highest BCUT2D eigenvalue weighted by Gasteiger charge is 2.51. The van der Waals surface area contributed by atoms with Crippen LogP contribution >= 0.6 is 0 Å². The van der Waals surface area contributed by atoms with Crippen molar-refractivity contribution in [3.05, 3.63) is 0 Å². The van der Waals surface area contributed by atoms with E-state index in [2.05, 4.69) is 0 Å². The summed E-state index contributed by atoms with van der Waals surface area (Å²) in [5.74, 6) is -0.366. The topological polar surface area (TPSA) is 87.2 Å². The monoisotopic (exact) mass is 270 g/mol. The van der Waals surface area contributed by atoms with Gasteiger partial charge >= 0.3 is 12.2 Å². The minimum atomic E-state index is -1.05. The van der Waals surface area contributed by atoms with Gasteiger partial charge < -0.3 is 14.7 Å². The van der Waals surface area contributed by atoms with Gasteiger partial charge in [-0.2, -0.15) is 0 Å². The summed E-state index contributed by atoms with van der Waals surface area (Å²) >= 11 is 0. The molecule has 3 amide bonds. The molecule has 0 aromatic carbocycles. The molecular weight excluding hydrogens is 252 g/mol. The second kappa shape index (κ2) is 4.40. The molecule has 7 heteroatoms. The summed E-state index contributed by atoms with van der Waals surface area (Å²) < 4.78 is 5.20. The molecule has 2 heterocycles. The summed E-state index contributed by atoms with van der Waals surface area (Å²) in [7, 11) is 0. The minimum Gasteiger partial charge on any atom is -0.465 e. The molecule has 0 aliphatic carbocycles. The second-order valence-corrected chi connectivity index (χ2v) is 5.85. The first-order valence-corrected chi connectivity index (χ1v) is 6.25. The van der Waals surface area contributed by atoms with Crippen LogP contribution in [0.15, 0.2) is 0 Å². The highest BCUT2D eigenvalue weighted by atomic mass is 16.6. The van der Waals surface area contributed by atoms with Gasteiger partial charge in [-0.25, -0.2) is 14.5 Å². The van der Waals surface area contributed by atoms with Crippen molar-refractivity contribution in [3.63, 3.8) is 0 Å². The Morgan fingerprint density at radius 2 is 1.95 bits per heavy atom. The first kappa shape index (κ1) is 13.6. The summed E-state index contributed by atoms with van der Waals surface area (Å²) in [6.07, 6.45) is -1.21. The third-order valence-electron chi connectivity index (χ3n) is 3.33. The van der Waals surface area contributed by atoms with Gasteiger partial charge in [0.2, 0.25) is 5.91 Å². The number of carbonyl (C=O) groups is 3. The number of fused-ring (bicyclic) bond motifs is 1. The Morgan fingerprint density at radius 3 is 2.47 bits per heavy atom. The summed E-state index contributed by atoms with van der Waals surface area (Å²) in [6.45, 7) is 5.51. The molecule has 0 aromatic rings. The van der Waals surface area contributed by atoms with Crippen LogP contribution in [0.25, 0.3) is 0 Å². The molecule has 106 valence electrons. The Balaban J connectivity index is 2.14. The quantitative estimate of drug-likeness (QED) is 0.716. The molecule has 2 unspecified atom stereocenters. The largest absolute Gasteiger partial charge is 0.465 e. The van der Waals surface area contributed by atoms with Crippen LogP contribution in [-0.2, 0) is 9.53 Å². The Kier molecular flexibility index (Phi) is 3.15. The lowest BCUT2D eigenvalue weighted by Crippen LogP contribution is -2.44. The highest BCUT2D eigenvalue weighted by molar-refractivity contribution is 5.95. The van der Waals surface area contributed by atoms with E-state index in [1.54, 1.807) is 20.8 Å². The molecule has 2 aliphatic rings. The summed E-state index contributed by atoms with van der Waals surface area (Å²) in [5.41, 5.74) is -0.680. The van der Waals surface area contributed by atoms with Gasteiger partial charge in [-0.3, -0.25) is 4.79 Å². The fourth-order valence-corrected chi connectivity index (χ4v) is 2.63. The molecule has 0 spiro atoms. The van der Waals surface area contributed by atoms with Crippen LogP contribution in [0.3, 0.4) is 0 Å². The third kappa shape index (κ3) is 2.50. The number of nitrogens with zero attached hydrogens (tertiary/aromatic N) is 2. The Morgan fingerprint density at radius 1 is 1.32 bits per heavy atom. The normalized spacial score (nSPS) is 26.6. The van der Waals surface area contributed by atoms with E-state index in [0.717, 1.165) is 4.90 Å². The van der Waals surface area contributed by atoms with Crippen LogP contribution in [0, 0.1) is 0 Å². The van der Waals surface area contributed by atoms with Gasteiger partial charge in [0.05, 0.1) is 12.1 Å². The fraction of sp³-hybridized carbons (Fsp3) is 0.750. The van der Waals surface area contributed by atoms with Crippen molar-refractivity contribution in [3.8, 4) is 0 Å². The number of hydrogen-bond acceptors (Lipinski definition) is 4. The average Bonchev–Trinajstić information content (AvgIpc) is 2.70. The van der Waals surface area contributed by atoms with E-state index in [-0.39, 0.29) is 12.3 Å². The van der Waals surface area contributed by atoms with Gasteiger partial charge in [-0.15, -0.1) is 0 Å². The first-order chi connectivity index (χ1) is 8.70. The molecule has 2 rings (SSSR count). The van der Waals surface area contributed by atoms with Crippen molar-refractivity contribution in [2.75, 3.05) is 6.54 Å². The van der Waals surface area contributed by atoms with E-state index in [9.17, 15) is 14.4 Å². The van der Waals surface area contributed by atoms with Crippen molar-refractivity contribution >= 4 is 18.1 Å². The van der Waals surface area contributed by atoms with Crippen LogP contribution < -0.4 is 0 Å². The van der Waals surface area contributed by atoms with Crippen molar-refractivity contribution in [1.29, 1.82) is 0 Å². The van der Waals surface area contributed by atoms with Crippen LogP contribution in [0.2, 0.25) is 0 Å². The van der Waals surface area contributed by atoms with Crippen LogP contribution in [-0.4, -0.2) is 57.2 Å². The van der Waals surface area contributed by atoms with Gasteiger partial charge in [-0.05, 0) is 27.2 Å². The van der Waals surface area contributed by atoms with Crippen molar-refractivity contribution in [2.24, 2.45) is 0 Å². The zero-order valence-corrected chi connectivity index (χ0v) is 11.3. The van der Waals surface area contributed by atoms with Gasteiger partial charge in [0.15, 0.2) is 0 Å². The smallest absolute Gasteiger partial charge is 0.417 e. The number of amides is 3. The van der Waals surface area contributed by atoms with E-state index in [4.69, 9.17) is 9.84 Å². The Bertz CT molecular complexity index is 428. The summed E-state index contributed by atoms with van der Waals surface area (Å²) in [5, 5.41) is 9.04. The molecule has 2 saturated heterocycles. The molecule has 0 radical (unpaired) electrons. The number of rotatable bonds is 0. The van der Waals surface area contributed by atoms with E-state index >= 15 is 0 Å². The van der Waals surface area contributed by atoms with Gasteiger partial charge in [0, 0.05) is 13.0 Å². The molecule has 1 N–H and O–H groups in total.